The molecule has 0 aliphatic carbocycles. The second-order valence-corrected chi connectivity index (χ2v) is 5.43. The number of anilines is 1. The van der Waals surface area contributed by atoms with Crippen LogP contribution < -0.4 is 16.0 Å². The van der Waals surface area contributed by atoms with Gasteiger partial charge in [-0.1, -0.05) is 6.92 Å². The molecule has 1 aliphatic rings. The van der Waals surface area contributed by atoms with Crippen LogP contribution in [0.3, 0.4) is 0 Å². The van der Waals surface area contributed by atoms with Gasteiger partial charge >= 0.3 is 0 Å². The first kappa shape index (κ1) is 15.4. The Balaban J connectivity index is 2.09. The molecule has 1 saturated heterocycles. The van der Waals surface area contributed by atoms with Crippen molar-refractivity contribution in [2.45, 2.75) is 26.3 Å². The summed E-state index contributed by atoms with van der Waals surface area (Å²) in [5, 5.41) is 8.61. The maximum atomic E-state index is 13.6. The maximum Gasteiger partial charge on any atom is 0.251 e. The van der Waals surface area contributed by atoms with Crippen molar-refractivity contribution < 1.29 is 14.0 Å². The van der Waals surface area contributed by atoms with Gasteiger partial charge in [0.2, 0.25) is 5.91 Å². The molecule has 1 heterocycles. The van der Waals surface area contributed by atoms with Crippen LogP contribution in [0.2, 0.25) is 0 Å². The summed E-state index contributed by atoms with van der Waals surface area (Å²) in [5.74, 6) is -0.839. The van der Waals surface area contributed by atoms with Crippen LogP contribution in [0.4, 0.5) is 10.1 Å². The summed E-state index contributed by atoms with van der Waals surface area (Å²) in [6.07, 6.45) is 0.868. The largest absolute Gasteiger partial charge is 0.349 e. The van der Waals surface area contributed by atoms with Crippen molar-refractivity contribution in [2.75, 3.05) is 18.4 Å². The van der Waals surface area contributed by atoms with E-state index in [1.807, 2.05) is 0 Å². The molecule has 0 aromatic heterocycles. The van der Waals surface area contributed by atoms with E-state index in [0.29, 0.717) is 11.5 Å². The molecule has 21 heavy (non-hydrogen) atoms. The third-order valence-corrected chi connectivity index (χ3v) is 3.64. The Hall–Kier alpha value is -1.95. The molecule has 1 aromatic rings. The molecule has 2 amide bonds. The molecule has 114 valence electrons. The van der Waals surface area contributed by atoms with Crippen LogP contribution in [-0.4, -0.2) is 30.9 Å². The number of rotatable bonds is 3. The summed E-state index contributed by atoms with van der Waals surface area (Å²) < 4.78 is 13.6. The van der Waals surface area contributed by atoms with E-state index >= 15 is 0 Å². The standard InChI is InChI=1S/C15H20FN3O2/c1-9-8-17-6-5-13(9)19-15(21)11-3-4-12(16)14(7-11)18-10(2)20/h3-4,7,9,13,17H,5-6,8H2,1-2H3,(H,18,20)(H,19,21). The van der Waals surface area contributed by atoms with Gasteiger partial charge in [-0.15, -0.1) is 0 Å². The minimum atomic E-state index is -0.558. The summed E-state index contributed by atoms with van der Waals surface area (Å²) in [4.78, 5) is 23.3. The Labute approximate surface area is 123 Å². The van der Waals surface area contributed by atoms with E-state index in [4.69, 9.17) is 0 Å². The normalized spacial score (nSPS) is 21.7. The molecule has 2 atom stereocenters. The van der Waals surface area contributed by atoms with Crippen molar-refractivity contribution in [1.29, 1.82) is 0 Å². The van der Waals surface area contributed by atoms with E-state index in [-0.39, 0.29) is 23.5 Å². The van der Waals surface area contributed by atoms with Crippen LogP contribution >= 0.6 is 0 Å². The second-order valence-electron chi connectivity index (χ2n) is 5.43. The van der Waals surface area contributed by atoms with E-state index in [2.05, 4.69) is 22.9 Å². The van der Waals surface area contributed by atoms with Gasteiger partial charge in [-0.25, -0.2) is 4.39 Å². The summed E-state index contributed by atoms with van der Waals surface area (Å²) in [6.45, 7) is 5.11. The molecule has 5 nitrogen and oxygen atoms in total. The molecule has 1 aromatic carbocycles. The number of piperidine rings is 1. The van der Waals surface area contributed by atoms with Gasteiger partial charge in [0, 0.05) is 18.5 Å². The lowest BCUT2D eigenvalue weighted by atomic mass is 9.95. The monoisotopic (exact) mass is 293 g/mol. The highest BCUT2D eigenvalue weighted by Crippen LogP contribution is 2.17. The Morgan fingerprint density at radius 2 is 2.14 bits per heavy atom. The minimum Gasteiger partial charge on any atom is -0.349 e. The Kier molecular flexibility index (Phi) is 4.90. The lowest BCUT2D eigenvalue weighted by Gasteiger charge is -2.30. The molecule has 2 unspecified atom stereocenters. The fourth-order valence-electron chi connectivity index (χ4n) is 2.43. The highest BCUT2D eigenvalue weighted by atomic mass is 19.1. The molecule has 1 fully saturated rings. The third-order valence-electron chi connectivity index (χ3n) is 3.64. The van der Waals surface area contributed by atoms with E-state index in [9.17, 15) is 14.0 Å². The topological polar surface area (TPSA) is 70.2 Å². The predicted molar refractivity (Wildman–Crippen MR) is 78.6 cm³/mol. The number of amides is 2. The number of hydrogen-bond acceptors (Lipinski definition) is 3. The average Bonchev–Trinajstić information content (AvgIpc) is 2.43. The van der Waals surface area contributed by atoms with Crippen LogP contribution in [0.25, 0.3) is 0 Å². The molecule has 0 bridgehead atoms. The number of benzene rings is 1. The van der Waals surface area contributed by atoms with Crippen LogP contribution in [0.15, 0.2) is 18.2 Å². The zero-order chi connectivity index (χ0) is 15.4. The quantitative estimate of drug-likeness (QED) is 0.791. The molecule has 2 rings (SSSR count). The molecule has 3 N–H and O–H groups in total. The smallest absolute Gasteiger partial charge is 0.251 e. The first-order chi connectivity index (χ1) is 9.97. The predicted octanol–water partition coefficient (Wildman–Crippen LogP) is 1.51. The fourth-order valence-corrected chi connectivity index (χ4v) is 2.43. The molecule has 1 aliphatic heterocycles. The van der Waals surface area contributed by atoms with E-state index in [0.717, 1.165) is 19.5 Å². The van der Waals surface area contributed by atoms with E-state index in [1.54, 1.807) is 0 Å². The summed E-state index contributed by atoms with van der Waals surface area (Å²) >= 11 is 0. The maximum absolute atomic E-state index is 13.6. The van der Waals surface area contributed by atoms with Gasteiger partial charge in [-0.3, -0.25) is 9.59 Å². The van der Waals surface area contributed by atoms with Gasteiger partial charge < -0.3 is 16.0 Å². The third kappa shape index (κ3) is 4.01. The molecule has 0 radical (unpaired) electrons. The van der Waals surface area contributed by atoms with Crippen molar-refractivity contribution >= 4 is 17.5 Å². The van der Waals surface area contributed by atoms with Crippen LogP contribution in [-0.2, 0) is 4.79 Å². The van der Waals surface area contributed by atoms with Crippen molar-refractivity contribution in [2.24, 2.45) is 5.92 Å². The fraction of sp³-hybridized carbons (Fsp3) is 0.467. The van der Waals surface area contributed by atoms with Crippen molar-refractivity contribution in [3.8, 4) is 0 Å². The molecule has 0 spiro atoms. The lowest BCUT2D eigenvalue weighted by Crippen LogP contribution is -2.48. The molecular formula is C15H20FN3O2. The number of carbonyl (C=O) groups excluding carboxylic acids is 2. The van der Waals surface area contributed by atoms with Gasteiger partial charge in [0.25, 0.3) is 5.91 Å². The molecular weight excluding hydrogens is 273 g/mol. The Bertz CT molecular complexity index is 548. The highest BCUT2D eigenvalue weighted by Gasteiger charge is 2.23. The zero-order valence-corrected chi connectivity index (χ0v) is 12.2. The molecule has 0 saturated carbocycles. The average molecular weight is 293 g/mol. The van der Waals surface area contributed by atoms with Crippen molar-refractivity contribution in [3.63, 3.8) is 0 Å². The van der Waals surface area contributed by atoms with Gasteiger partial charge in [0.15, 0.2) is 0 Å². The summed E-state index contributed by atoms with van der Waals surface area (Å²) in [5.41, 5.74) is 0.361. The first-order valence-electron chi connectivity index (χ1n) is 7.06. The van der Waals surface area contributed by atoms with Crippen LogP contribution in [0.5, 0.6) is 0 Å². The number of nitrogens with one attached hydrogen (secondary N) is 3. The van der Waals surface area contributed by atoms with Gasteiger partial charge in [0.05, 0.1) is 5.69 Å². The number of carbonyl (C=O) groups is 2. The van der Waals surface area contributed by atoms with Crippen LogP contribution in [0, 0.1) is 11.7 Å². The highest BCUT2D eigenvalue weighted by molar-refractivity contribution is 5.97. The van der Waals surface area contributed by atoms with Gasteiger partial charge in [-0.2, -0.15) is 0 Å². The second kappa shape index (κ2) is 6.67. The summed E-state index contributed by atoms with van der Waals surface area (Å²) in [6, 6.07) is 4.07. The van der Waals surface area contributed by atoms with Crippen molar-refractivity contribution in [1.82, 2.24) is 10.6 Å². The van der Waals surface area contributed by atoms with Crippen LogP contribution in [0.1, 0.15) is 30.6 Å². The summed E-state index contributed by atoms with van der Waals surface area (Å²) in [7, 11) is 0. The Morgan fingerprint density at radius 3 is 2.81 bits per heavy atom. The number of halogens is 1. The first-order valence-corrected chi connectivity index (χ1v) is 7.06. The molecule has 6 heteroatoms. The van der Waals surface area contributed by atoms with Gasteiger partial charge in [-0.05, 0) is 43.6 Å². The van der Waals surface area contributed by atoms with Gasteiger partial charge in [0.1, 0.15) is 5.82 Å². The minimum absolute atomic E-state index is 0.0218. The lowest BCUT2D eigenvalue weighted by molar-refractivity contribution is -0.114. The Morgan fingerprint density at radius 1 is 1.38 bits per heavy atom. The van der Waals surface area contributed by atoms with E-state index < -0.39 is 5.82 Å². The van der Waals surface area contributed by atoms with E-state index in [1.165, 1.54) is 25.1 Å². The number of hydrogen-bond donors (Lipinski definition) is 3. The van der Waals surface area contributed by atoms with Crippen molar-refractivity contribution in [3.05, 3.63) is 29.6 Å². The zero-order valence-electron chi connectivity index (χ0n) is 12.2. The SMILES string of the molecule is CC(=O)Nc1cc(C(=O)NC2CCNCC2C)ccc1F.